The Morgan fingerprint density at radius 2 is 1.57 bits per heavy atom. The monoisotopic (exact) mass is 599 g/mol. The van der Waals surface area contributed by atoms with Crippen LogP contribution in [0, 0.1) is 0 Å². The third kappa shape index (κ3) is 3.29. The molecule has 1 aliphatic carbocycles. The first-order chi connectivity index (χ1) is 22.7. The molecule has 3 atom stereocenters. The van der Waals surface area contributed by atoms with Gasteiger partial charge >= 0.3 is 0 Å². The second-order valence-corrected chi connectivity index (χ2v) is 13.6. The third-order valence-corrected chi connectivity index (χ3v) is 11.1. The zero-order valence-corrected chi connectivity index (χ0v) is 26.4. The summed E-state index contributed by atoms with van der Waals surface area (Å²) in [6.45, 7) is 5.52. The normalized spacial score (nSPS) is 20.3. The molecule has 4 nitrogen and oxygen atoms in total. The van der Waals surface area contributed by atoms with E-state index in [1.807, 2.05) is 0 Å². The van der Waals surface area contributed by atoms with Crippen LogP contribution >= 0.6 is 0 Å². The molecule has 0 amide bonds. The molecule has 2 aliphatic heterocycles. The Morgan fingerprint density at radius 1 is 0.783 bits per heavy atom. The quantitative estimate of drug-likeness (QED) is 0.182. The summed E-state index contributed by atoms with van der Waals surface area (Å²) in [5.41, 5.74) is 12.9. The zero-order valence-electron chi connectivity index (χ0n) is 26.4. The minimum atomic E-state index is -0.0884. The molecule has 3 aliphatic rings. The minimum Gasteiger partial charge on any atom is -0.455 e. The van der Waals surface area contributed by atoms with Crippen molar-refractivity contribution in [2.24, 2.45) is 0 Å². The lowest BCUT2D eigenvalue weighted by atomic mass is 9.81. The summed E-state index contributed by atoms with van der Waals surface area (Å²) in [5, 5.41) is 2.38. The molecule has 1 saturated carbocycles. The molecule has 1 spiro atoms. The number of rotatable bonds is 5. The largest absolute Gasteiger partial charge is 0.455 e. The Bertz CT molecular complexity index is 2330. The number of furan rings is 1. The van der Waals surface area contributed by atoms with E-state index in [9.17, 15) is 0 Å². The first kappa shape index (κ1) is 26.3. The van der Waals surface area contributed by atoms with E-state index in [2.05, 4.69) is 143 Å². The molecule has 0 N–H and O–H groups in total. The molecule has 3 aromatic heterocycles. The number of hydrogen-bond acceptors (Lipinski definition) is 1. The summed E-state index contributed by atoms with van der Waals surface area (Å²) in [4.78, 5) is 0. The van der Waals surface area contributed by atoms with E-state index in [0.717, 1.165) is 43.4 Å². The summed E-state index contributed by atoms with van der Waals surface area (Å²) >= 11 is 0. The van der Waals surface area contributed by atoms with E-state index in [1.165, 1.54) is 61.4 Å². The third-order valence-electron chi connectivity index (χ3n) is 11.1. The van der Waals surface area contributed by atoms with E-state index in [4.69, 9.17) is 4.42 Å². The van der Waals surface area contributed by atoms with Crippen LogP contribution in [0.1, 0.15) is 60.9 Å². The molecule has 1 fully saturated rings. The van der Waals surface area contributed by atoms with Gasteiger partial charge in [0.05, 0.1) is 11.1 Å². The molecule has 7 aromatic rings. The van der Waals surface area contributed by atoms with Crippen molar-refractivity contribution < 1.29 is 13.6 Å². The van der Waals surface area contributed by atoms with Gasteiger partial charge in [-0.15, -0.1) is 0 Å². The van der Waals surface area contributed by atoms with Gasteiger partial charge in [0.2, 0.25) is 5.69 Å². The summed E-state index contributed by atoms with van der Waals surface area (Å²) in [6.07, 6.45) is 11.4. The highest BCUT2D eigenvalue weighted by molar-refractivity contribution is 6.10. The topological polar surface area (TPSA) is 25.8 Å². The summed E-state index contributed by atoms with van der Waals surface area (Å²) in [6, 6.07) is 36.3. The Labute approximate surface area is 269 Å². The minimum absolute atomic E-state index is 0.0884. The fourth-order valence-corrected chi connectivity index (χ4v) is 9.38. The lowest BCUT2D eigenvalue weighted by molar-refractivity contribution is -0.719. The first-order valence-electron chi connectivity index (χ1n) is 17.0. The van der Waals surface area contributed by atoms with Crippen molar-refractivity contribution in [3.8, 4) is 28.3 Å². The number of para-hydroxylation sites is 2. The van der Waals surface area contributed by atoms with Crippen molar-refractivity contribution in [1.29, 1.82) is 0 Å². The van der Waals surface area contributed by atoms with Gasteiger partial charge in [0.25, 0.3) is 5.82 Å². The smallest absolute Gasteiger partial charge is 0.294 e. The van der Waals surface area contributed by atoms with Crippen molar-refractivity contribution in [2.75, 3.05) is 0 Å². The highest BCUT2D eigenvalue weighted by atomic mass is 16.3. The maximum Gasteiger partial charge on any atom is 0.294 e. The first-order valence-corrected chi connectivity index (χ1v) is 17.0. The van der Waals surface area contributed by atoms with Crippen LogP contribution in [0.3, 0.4) is 0 Å². The molecule has 4 heteroatoms. The van der Waals surface area contributed by atoms with E-state index < -0.39 is 0 Å². The van der Waals surface area contributed by atoms with Crippen molar-refractivity contribution in [3.63, 3.8) is 0 Å². The number of hydrogen-bond donors (Lipinski definition) is 0. The highest BCUT2D eigenvalue weighted by Gasteiger charge is 2.77. The van der Waals surface area contributed by atoms with Crippen LogP contribution in [-0.4, -0.2) is 4.57 Å². The van der Waals surface area contributed by atoms with Crippen molar-refractivity contribution in [2.45, 2.75) is 63.5 Å². The molecule has 0 bridgehead atoms. The molecule has 224 valence electrons. The molecule has 46 heavy (non-hydrogen) atoms. The Kier molecular flexibility index (Phi) is 5.44. The number of imidazole rings is 1. The predicted octanol–water partition coefficient (Wildman–Crippen LogP) is 8.79. The van der Waals surface area contributed by atoms with E-state index >= 15 is 0 Å². The van der Waals surface area contributed by atoms with Gasteiger partial charge in [-0.1, -0.05) is 93.4 Å². The van der Waals surface area contributed by atoms with Crippen LogP contribution in [0.4, 0.5) is 0 Å². The van der Waals surface area contributed by atoms with Crippen LogP contribution in [0.5, 0.6) is 0 Å². The van der Waals surface area contributed by atoms with Gasteiger partial charge in [-0.2, -0.15) is 9.13 Å². The Hall–Kier alpha value is -4.96. The molecule has 4 aromatic carbocycles. The molecule has 0 radical (unpaired) electrons. The van der Waals surface area contributed by atoms with E-state index in [0.29, 0.717) is 12.0 Å². The van der Waals surface area contributed by atoms with Gasteiger partial charge in [-0.05, 0) is 53.3 Å². The average molecular weight is 600 g/mol. The van der Waals surface area contributed by atoms with Crippen molar-refractivity contribution in [1.82, 2.24) is 4.57 Å². The second kappa shape index (κ2) is 9.53. The van der Waals surface area contributed by atoms with Crippen LogP contribution in [0.15, 0.2) is 120 Å². The van der Waals surface area contributed by atoms with Gasteiger partial charge in [-0.3, -0.25) is 0 Å². The van der Waals surface area contributed by atoms with Crippen molar-refractivity contribution in [3.05, 3.63) is 138 Å². The van der Waals surface area contributed by atoms with Gasteiger partial charge in [0.15, 0.2) is 12.7 Å². The number of aryl methyl sites for hydroxylation is 2. The maximum atomic E-state index is 6.73. The lowest BCUT2D eigenvalue weighted by Crippen LogP contribution is -2.48. The highest BCUT2D eigenvalue weighted by Crippen LogP contribution is 2.72. The van der Waals surface area contributed by atoms with Gasteiger partial charge < -0.3 is 4.42 Å². The maximum absolute atomic E-state index is 6.73. The second-order valence-electron chi connectivity index (χ2n) is 13.6. The fourth-order valence-electron chi connectivity index (χ4n) is 9.38. The molecule has 10 rings (SSSR count). The fraction of sp³-hybridized carbons (Fsp3) is 0.238. The summed E-state index contributed by atoms with van der Waals surface area (Å²) < 4.78 is 14.4. The van der Waals surface area contributed by atoms with Gasteiger partial charge in [-0.25, -0.2) is 4.57 Å². The van der Waals surface area contributed by atoms with Crippen LogP contribution in [0.25, 0.3) is 50.3 Å². The summed E-state index contributed by atoms with van der Waals surface area (Å²) in [5.74, 6) is 1.68. The van der Waals surface area contributed by atoms with Crippen molar-refractivity contribution >= 4 is 21.9 Å². The number of pyridine rings is 1. The average Bonchev–Trinajstić information content (AvgIpc) is 3.36. The predicted molar refractivity (Wildman–Crippen MR) is 182 cm³/mol. The summed E-state index contributed by atoms with van der Waals surface area (Å²) in [7, 11) is 0. The molecule has 0 saturated heterocycles. The van der Waals surface area contributed by atoms with Gasteiger partial charge in [0, 0.05) is 28.8 Å². The molecule has 3 unspecified atom stereocenters. The number of aromatic nitrogens is 3. The van der Waals surface area contributed by atoms with E-state index in [1.54, 1.807) is 0 Å². The molecule has 5 heterocycles. The van der Waals surface area contributed by atoms with Crippen LogP contribution in [-0.2, 0) is 24.8 Å². The van der Waals surface area contributed by atoms with Gasteiger partial charge in [0.1, 0.15) is 40.7 Å². The number of benzene rings is 4. The number of nitrogens with zero attached hydrogens (tertiary/aromatic N) is 3. The van der Waals surface area contributed by atoms with Crippen LogP contribution < -0.4 is 9.13 Å². The van der Waals surface area contributed by atoms with Crippen LogP contribution in [0.2, 0.25) is 0 Å². The standard InChI is InChI=1S/C42H37N3O/c1-3-12-27-14-11-15-28(13-4-2)38(27)44-24-25-45-40-37(30-17-5-6-18-32(30)41(44)45)42(40)26-43-23-10-9-19-34(43)36-33(42)22-21-31-29-16-7-8-20-35(29)46-39(31)36/h5-11,14-25,37,40H,3-4,12-13,26H2,1-2H3/q+2. The Morgan fingerprint density at radius 3 is 2.41 bits per heavy atom. The lowest BCUT2D eigenvalue weighted by Gasteiger charge is -2.23. The zero-order chi connectivity index (χ0) is 30.6. The SMILES string of the molecule is CCCc1cccc(CCC)c1-n1cc[n+]2c1-c1ccccc1C1C2C12C[n+]1ccccc1-c1c2ccc2c1oc1ccccc12. The number of fused-ring (bicyclic) bond motifs is 16. The molecular formula is C42H37N3O+2. The Balaban J connectivity index is 1.25. The van der Waals surface area contributed by atoms with E-state index in [-0.39, 0.29) is 5.41 Å². The molecular weight excluding hydrogens is 562 g/mol.